The van der Waals surface area contributed by atoms with Crippen molar-refractivity contribution >= 4 is 30.4 Å². The fourth-order valence-electron chi connectivity index (χ4n) is 1.55. The molecule has 0 radical (unpaired) electrons. The SMILES string of the molecule is CCc1ccc(OCCO[Si](C)(C)C(C)(C)C)c(Br)c1.O=C=O. The van der Waals surface area contributed by atoms with Gasteiger partial charge >= 0.3 is 6.15 Å². The average molecular weight is 403 g/mol. The van der Waals surface area contributed by atoms with E-state index in [4.69, 9.17) is 18.8 Å². The van der Waals surface area contributed by atoms with Crippen LogP contribution < -0.4 is 4.74 Å². The highest BCUT2D eigenvalue weighted by molar-refractivity contribution is 9.10. The van der Waals surface area contributed by atoms with Crippen LogP contribution in [0.25, 0.3) is 0 Å². The summed E-state index contributed by atoms with van der Waals surface area (Å²) in [4.78, 5) is 16.2. The lowest BCUT2D eigenvalue weighted by molar-refractivity contribution is -0.191. The summed E-state index contributed by atoms with van der Waals surface area (Å²) in [5, 5.41) is 0.246. The lowest BCUT2D eigenvalue weighted by Gasteiger charge is -2.36. The molecule has 0 bridgehead atoms. The van der Waals surface area contributed by atoms with Crippen molar-refractivity contribution in [2.24, 2.45) is 0 Å². The molecular weight excluding hydrogens is 376 g/mol. The minimum absolute atomic E-state index is 0.246. The van der Waals surface area contributed by atoms with Crippen molar-refractivity contribution in [3.8, 4) is 5.75 Å². The predicted octanol–water partition coefficient (Wildman–Crippen LogP) is 4.83. The summed E-state index contributed by atoms with van der Waals surface area (Å²) < 4.78 is 12.9. The molecule has 1 aromatic rings. The summed E-state index contributed by atoms with van der Waals surface area (Å²) in [7, 11) is -1.66. The smallest absolute Gasteiger partial charge is 0.373 e. The van der Waals surface area contributed by atoms with Gasteiger partial charge in [-0.3, -0.25) is 0 Å². The van der Waals surface area contributed by atoms with Gasteiger partial charge in [0.15, 0.2) is 8.32 Å². The first kappa shape index (κ1) is 22.1. The maximum Gasteiger partial charge on any atom is 0.373 e. The first-order valence-corrected chi connectivity index (χ1v) is 11.3. The third kappa shape index (κ3) is 7.93. The molecule has 1 aromatic carbocycles. The summed E-state index contributed by atoms with van der Waals surface area (Å²) in [6.45, 7) is 14.7. The molecule has 0 unspecified atom stereocenters. The van der Waals surface area contributed by atoms with E-state index >= 15 is 0 Å². The van der Waals surface area contributed by atoms with Crippen LogP contribution in [-0.4, -0.2) is 27.7 Å². The number of carbonyl (C=O) groups excluding carboxylic acids is 2. The van der Waals surface area contributed by atoms with E-state index in [-0.39, 0.29) is 11.2 Å². The van der Waals surface area contributed by atoms with Gasteiger partial charge in [-0.15, -0.1) is 0 Å². The van der Waals surface area contributed by atoms with E-state index in [9.17, 15) is 0 Å². The van der Waals surface area contributed by atoms with Crippen LogP contribution in [0, 0.1) is 0 Å². The third-order valence-electron chi connectivity index (χ3n) is 4.01. The first-order chi connectivity index (χ1) is 10.6. The molecule has 1 rings (SSSR count). The number of benzene rings is 1. The summed E-state index contributed by atoms with van der Waals surface area (Å²) >= 11 is 3.55. The van der Waals surface area contributed by atoms with Crippen LogP contribution in [-0.2, 0) is 20.4 Å². The second-order valence-electron chi connectivity index (χ2n) is 6.66. The van der Waals surface area contributed by atoms with Gasteiger partial charge in [-0.25, -0.2) is 0 Å². The molecule has 0 aliphatic rings. The van der Waals surface area contributed by atoms with Crippen molar-refractivity contribution < 1.29 is 18.8 Å². The minimum atomic E-state index is -1.66. The predicted molar refractivity (Wildman–Crippen MR) is 97.2 cm³/mol. The lowest BCUT2D eigenvalue weighted by atomic mass is 10.2. The van der Waals surface area contributed by atoms with E-state index in [0.717, 1.165) is 16.6 Å². The quantitative estimate of drug-likeness (QED) is 0.504. The van der Waals surface area contributed by atoms with Gasteiger partial charge in [-0.2, -0.15) is 9.59 Å². The van der Waals surface area contributed by atoms with Crippen molar-refractivity contribution in [3.63, 3.8) is 0 Å². The molecule has 23 heavy (non-hydrogen) atoms. The van der Waals surface area contributed by atoms with Gasteiger partial charge in [-0.05, 0) is 58.2 Å². The molecule has 0 aliphatic heterocycles. The van der Waals surface area contributed by atoms with Crippen LogP contribution in [0.3, 0.4) is 0 Å². The highest BCUT2D eigenvalue weighted by Gasteiger charge is 2.36. The zero-order chi connectivity index (χ0) is 18.1. The molecule has 0 aromatic heterocycles. The molecule has 0 saturated carbocycles. The van der Waals surface area contributed by atoms with Gasteiger partial charge in [0.25, 0.3) is 0 Å². The Morgan fingerprint density at radius 1 is 1.17 bits per heavy atom. The molecule has 4 nitrogen and oxygen atoms in total. The van der Waals surface area contributed by atoms with Crippen molar-refractivity contribution in [2.45, 2.75) is 52.2 Å². The number of aryl methyl sites for hydroxylation is 1. The van der Waals surface area contributed by atoms with Gasteiger partial charge in [0.1, 0.15) is 12.4 Å². The van der Waals surface area contributed by atoms with Crippen molar-refractivity contribution in [3.05, 3.63) is 28.2 Å². The molecule has 0 spiro atoms. The summed E-state index contributed by atoms with van der Waals surface area (Å²) in [5.41, 5.74) is 1.31. The minimum Gasteiger partial charge on any atom is -0.490 e. The van der Waals surface area contributed by atoms with E-state index in [1.165, 1.54) is 5.56 Å². The van der Waals surface area contributed by atoms with Crippen molar-refractivity contribution in [2.75, 3.05) is 13.2 Å². The van der Waals surface area contributed by atoms with Crippen molar-refractivity contribution in [1.82, 2.24) is 0 Å². The van der Waals surface area contributed by atoms with E-state index in [2.05, 4.69) is 68.9 Å². The summed E-state index contributed by atoms with van der Waals surface area (Å²) in [6.07, 6.45) is 1.29. The molecule has 0 N–H and O–H groups in total. The molecule has 0 aliphatic carbocycles. The fraction of sp³-hybridized carbons (Fsp3) is 0.588. The molecule has 0 amide bonds. The van der Waals surface area contributed by atoms with Crippen LogP contribution in [0.5, 0.6) is 5.75 Å². The van der Waals surface area contributed by atoms with E-state index in [0.29, 0.717) is 13.2 Å². The van der Waals surface area contributed by atoms with Gasteiger partial charge < -0.3 is 9.16 Å². The van der Waals surface area contributed by atoms with E-state index < -0.39 is 8.32 Å². The second kappa shape index (κ2) is 10.0. The highest BCUT2D eigenvalue weighted by Crippen LogP contribution is 2.36. The van der Waals surface area contributed by atoms with E-state index in [1.807, 2.05) is 6.07 Å². The van der Waals surface area contributed by atoms with Crippen LogP contribution in [0.1, 0.15) is 33.3 Å². The zero-order valence-corrected chi connectivity index (χ0v) is 17.5. The van der Waals surface area contributed by atoms with Gasteiger partial charge in [0, 0.05) is 0 Å². The molecule has 0 atom stereocenters. The molecule has 0 saturated heterocycles. The van der Waals surface area contributed by atoms with Gasteiger partial charge in [0.2, 0.25) is 0 Å². The lowest BCUT2D eigenvalue weighted by Crippen LogP contribution is -2.41. The Bertz CT molecular complexity index is 518. The monoisotopic (exact) mass is 402 g/mol. The molecule has 130 valence electrons. The van der Waals surface area contributed by atoms with Crippen molar-refractivity contribution in [1.29, 1.82) is 0 Å². The fourth-order valence-corrected chi connectivity index (χ4v) is 3.11. The normalized spacial score (nSPS) is 11.3. The molecule has 0 fully saturated rings. The van der Waals surface area contributed by atoms with Crippen LogP contribution in [0.4, 0.5) is 0 Å². The standard InChI is InChI=1S/C16H27BrO2Si.CO2/c1-7-13-8-9-15(14(17)12-13)18-10-11-19-20(5,6)16(2,3)4;2-1-3/h8-9,12H,7,10-11H2,1-6H3;. The first-order valence-electron chi connectivity index (χ1n) is 7.63. The number of halogens is 1. The summed E-state index contributed by atoms with van der Waals surface area (Å²) in [5.74, 6) is 0.890. The van der Waals surface area contributed by atoms with Crippen LogP contribution in [0.15, 0.2) is 22.7 Å². The molecule has 0 heterocycles. The Labute approximate surface area is 148 Å². The van der Waals surface area contributed by atoms with E-state index in [1.54, 1.807) is 0 Å². The Kier molecular flexibility index (Phi) is 9.62. The molecular formula is C17H27BrO4Si. The zero-order valence-electron chi connectivity index (χ0n) is 14.9. The maximum atomic E-state index is 8.12. The Morgan fingerprint density at radius 3 is 2.17 bits per heavy atom. The summed E-state index contributed by atoms with van der Waals surface area (Å²) in [6, 6.07) is 6.24. The number of rotatable bonds is 6. The van der Waals surface area contributed by atoms with Crippen LogP contribution >= 0.6 is 15.9 Å². The number of hydrogen-bond donors (Lipinski definition) is 0. The van der Waals surface area contributed by atoms with Gasteiger partial charge in [0.05, 0.1) is 11.1 Å². The van der Waals surface area contributed by atoms with Gasteiger partial charge in [-0.1, -0.05) is 33.8 Å². The highest BCUT2D eigenvalue weighted by atomic mass is 79.9. The largest absolute Gasteiger partial charge is 0.490 e. The molecule has 6 heteroatoms. The third-order valence-corrected chi connectivity index (χ3v) is 9.17. The number of hydrogen-bond acceptors (Lipinski definition) is 4. The number of ether oxygens (including phenoxy) is 1. The second-order valence-corrected chi connectivity index (χ2v) is 12.3. The Balaban J connectivity index is 0.00000149. The topological polar surface area (TPSA) is 52.6 Å². The maximum absolute atomic E-state index is 8.12. The Morgan fingerprint density at radius 2 is 1.74 bits per heavy atom. The Hall–Kier alpha value is -0.943. The van der Waals surface area contributed by atoms with Crippen LogP contribution in [0.2, 0.25) is 18.1 Å². The average Bonchev–Trinajstić information content (AvgIpc) is 2.44.